The molecule has 0 unspecified atom stereocenters. The normalized spacial score (nSPS) is 17.1. The van der Waals surface area contributed by atoms with Crippen molar-refractivity contribution >= 4 is 52.4 Å². The van der Waals surface area contributed by atoms with Gasteiger partial charge in [0, 0.05) is 102 Å². The molecule has 6 aliphatic heterocycles. The molecule has 7 N–H and O–H groups in total. The molecule has 10 rings (SSSR count). The second-order valence-corrected chi connectivity index (χ2v) is 31.1. The van der Waals surface area contributed by atoms with Crippen LogP contribution in [-0.2, 0) is 58.7 Å². The molecule has 0 bridgehead atoms. The molecular weight excluding hydrogens is 1380 g/mol. The lowest BCUT2D eigenvalue weighted by Crippen LogP contribution is -2.34. The third-order valence-corrected chi connectivity index (χ3v) is 20.2. The standard InChI is InChI=1S/C23H34N4O4S.C14H25N3O4S.C10H13NO3S.C9H16N2O.C8H17NO.C4H10N2O.C4H7N/c1-17(2)22-24-23(30-25-22)26-11-8-18(9-12-26)5-4-14-29-21-7-6-20-16-27(32-31-28-3)13-10-19(20)15-21;1-11(2)13-15-14(21-16-13)17-8-6-12(7-9-17)5-4-10-20-22(3,18)19;1-13-14-15-11-5-4-8-6-10(12)3-2-9(8)7-11;10-8-11-5-3-9(4-6-11)2-1-7-12;10-7-1-2-8-3-5-9-6-4-8;1-3(2)4(5)6-7;1-4(2)3-5/h6-7,15,17-18H,4-5,8-14,16H2,1-3H3;11-12H,4-10H2,1-3H3;2-3,6,12H,4-5,7H2,1H3;9,12H,1-7H2;8-10H,1-7H2;3,7H,1-2H3,(H2,5,6);4H,1-2H3. The van der Waals surface area contributed by atoms with Crippen molar-refractivity contribution in [3.8, 4) is 23.8 Å². The number of anilines is 2. The van der Waals surface area contributed by atoms with Crippen molar-refractivity contribution in [1.29, 1.82) is 10.5 Å². The van der Waals surface area contributed by atoms with Crippen LogP contribution in [0.25, 0.3) is 0 Å². The van der Waals surface area contributed by atoms with Crippen LogP contribution in [0.1, 0.15) is 204 Å². The van der Waals surface area contributed by atoms with Crippen molar-refractivity contribution < 1.29 is 65.4 Å². The van der Waals surface area contributed by atoms with Gasteiger partial charge in [0.05, 0.1) is 39.8 Å². The number of ether oxygens (including phenoxy) is 1. The van der Waals surface area contributed by atoms with Crippen LogP contribution in [-0.4, -0.2) is 181 Å². The number of nitrogens with zero attached hydrogens (tertiary/aromatic N) is 12. The Morgan fingerprint density at radius 3 is 1.49 bits per heavy atom. The van der Waals surface area contributed by atoms with Crippen molar-refractivity contribution in [2.75, 3.05) is 122 Å². The van der Waals surface area contributed by atoms with Gasteiger partial charge in [-0.3, -0.25) is 4.18 Å². The molecule has 0 radical (unpaired) electrons. The lowest BCUT2D eigenvalue weighted by atomic mass is 9.92. The number of likely N-dealkylation sites (tertiary alicyclic amines) is 1. The number of benzene rings is 2. The highest BCUT2D eigenvalue weighted by Gasteiger charge is 2.27. The molecule has 8 heterocycles. The number of piperidine rings is 4. The molecule has 0 saturated carbocycles. The number of aliphatic hydroxyl groups is 2. The number of aromatic nitrogens is 4. The number of hydrogen-bond acceptors (Lipinski definition) is 29. The van der Waals surface area contributed by atoms with E-state index in [1.807, 2.05) is 64.6 Å². The molecule has 582 valence electrons. The number of nitriles is 2. The fraction of sp³-hybridized carbons (Fsp3) is 0.736. The van der Waals surface area contributed by atoms with Gasteiger partial charge in [-0.25, -0.2) is 18.4 Å². The number of oxime groups is 1. The summed E-state index contributed by atoms with van der Waals surface area (Å²) in [6, 6.07) is 15.3. The van der Waals surface area contributed by atoms with Crippen LogP contribution in [0, 0.1) is 58.3 Å². The summed E-state index contributed by atoms with van der Waals surface area (Å²) in [4.78, 5) is 24.3. The first-order valence-electron chi connectivity index (χ1n) is 36.8. The molecule has 0 aliphatic carbocycles. The van der Waals surface area contributed by atoms with Crippen LogP contribution in [0.15, 0.2) is 50.6 Å². The minimum Gasteiger partial charge on any atom is -0.508 e. The van der Waals surface area contributed by atoms with Crippen molar-refractivity contribution in [1.82, 2.24) is 39.1 Å². The van der Waals surface area contributed by atoms with Crippen molar-refractivity contribution in [2.45, 2.75) is 196 Å². The quantitative estimate of drug-likeness (QED) is 0.00308. The zero-order valence-corrected chi connectivity index (χ0v) is 65.6. The van der Waals surface area contributed by atoms with E-state index in [2.05, 4.69) is 97.2 Å². The number of nitrogens with two attached hydrogens (primary N) is 1. The van der Waals surface area contributed by atoms with Gasteiger partial charge in [0.2, 0.25) is 0 Å². The fourth-order valence-electron chi connectivity index (χ4n) is 11.9. The molecule has 6 aliphatic rings. The van der Waals surface area contributed by atoms with Crippen LogP contribution < -0.4 is 25.6 Å². The minimum atomic E-state index is -3.31. The SMILES string of the molecule is CC(C)/C(N)=N\O.CC(C)C#N.CC(C)c1noc(N2CCC(CCCOS(C)(=O)=O)CC2)n1.COOSN1CCc2cc(O)ccc2C1.COOSN1CCc2cc(OCCCC3CCN(c4nc(C(C)C)no4)CC3)ccc2C1.N#CN1CCC(CCCO)CC1.OCCCC1CCNCC1. The van der Waals surface area contributed by atoms with Crippen LogP contribution in [0.4, 0.5) is 12.0 Å². The minimum absolute atomic E-state index is 0.144. The number of fused-ring (bicyclic) bond motifs is 2. The predicted octanol–water partition coefficient (Wildman–Crippen LogP) is 12.1. The summed E-state index contributed by atoms with van der Waals surface area (Å²) in [5.41, 5.74) is 10.2. The van der Waals surface area contributed by atoms with Gasteiger partial charge in [0.25, 0.3) is 10.1 Å². The second-order valence-electron chi connectivity index (χ2n) is 27.8. The Labute approximate surface area is 622 Å². The van der Waals surface area contributed by atoms with E-state index in [4.69, 9.17) is 58.3 Å². The number of phenolic OH excluding ortho intramolecular Hbond substituents is 1. The molecule has 0 amide bonds. The van der Waals surface area contributed by atoms with E-state index in [1.54, 1.807) is 6.07 Å². The molecule has 28 nitrogen and oxygen atoms in total. The first kappa shape index (κ1) is 89.6. The van der Waals surface area contributed by atoms with E-state index in [0.29, 0.717) is 42.8 Å². The maximum Gasteiger partial charge on any atom is 0.324 e. The first-order valence-corrected chi connectivity index (χ1v) is 40.0. The molecule has 0 atom stereocenters. The van der Waals surface area contributed by atoms with Gasteiger partial charge in [-0.15, -0.1) is 8.67 Å². The topological polar surface area (TPSA) is 362 Å². The number of rotatable bonds is 27. The van der Waals surface area contributed by atoms with Gasteiger partial charge < -0.3 is 60.1 Å². The molecule has 2 aromatic heterocycles. The van der Waals surface area contributed by atoms with E-state index in [0.717, 1.165) is 191 Å². The zero-order valence-electron chi connectivity index (χ0n) is 63.2. The second kappa shape index (κ2) is 51.4. The summed E-state index contributed by atoms with van der Waals surface area (Å²) in [6.45, 7) is 28.8. The Morgan fingerprint density at radius 1 is 0.650 bits per heavy atom. The third kappa shape index (κ3) is 37.4. The highest BCUT2D eigenvalue weighted by molar-refractivity contribution is 7.92. The molecule has 4 aromatic rings. The number of hydrogen-bond donors (Lipinski definition) is 6. The lowest BCUT2D eigenvalue weighted by Gasteiger charge is -2.30. The first-order chi connectivity index (χ1) is 49.5. The Balaban J connectivity index is 0.000000276. The van der Waals surface area contributed by atoms with Gasteiger partial charge in [-0.1, -0.05) is 69.1 Å². The third-order valence-electron chi connectivity index (χ3n) is 18.2. The number of amidine groups is 1. The van der Waals surface area contributed by atoms with Crippen molar-refractivity contribution in [3.63, 3.8) is 0 Å². The number of aromatic hydroxyl groups is 1. The molecule has 31 heteroatoms. The molecule has 103 heavy (non-hydrogen) atoms. The van der Waals surface area contributed by atoms with Crippen molar-refractivity contribution in [2.24, 2.45) is 46.4 Å². The fourth-order valence-corrected chi connectivity index (χ4v) is 13.3. The Hall–Kier alpha value is -5.78. The summed E-state index contributed by atoms with van der Waals surface area (Å²) in [7, 11) is -0.300. The monoisotopic (exact) mass is 1500 g/mol. The maximum atomic E-state index is 10.9. The van der Waals surface area contributed by atoms with Crippen molar-refractivity contribution in [3.05, 3.63) is 70.3 Å². The van der Waals surface area contributed by atoms with Crippen LogP contribution in [0.2, 0.25) is 0 Å². The smallest absolute Gasteiger partial charge is 0.324 e. The Morgan fingerprint density at radius 2 is 1.09 bits per heavy atom. The van der Waals surface area contributed by atoms with Gasteiger partial charge in [0.1, 0.15) is 41.8 Å². The largest absolute Gasteiger partial charge is 0.508 e. The lowest BCUT2D eigenvalue weighted by molar-refractivity contribution is -0.163. The Kier molecular flexibility index (Phi) is 44.8. The van der Waals surface area contributed by atoms with Gasteiger partial charge in [-0.2, -0.15) is 28.9 Å². The summed E-state index contributed by atoms with van der Waals surface area (Å²) >= 11 is 2.48. The van der Waals surface area contributed by atoms with Gasteiger partial charge >= 0.3 is 12.0 Å². The maximum absolute atomic E-state index is 10.9. The summed E-state index contributed by atoms with van der Waals surface area (Å²) < 4.78 is 57.3. The zero-order chi connectivity index (χ0) is 75.4. The highest BCUT2D eigenvalue weighted by atomic mass is 32.2. The van der Waals surface area contributed by atoms with E-state index < -0.39 is 10.1 Å². The molecule has 0 spiro atoms. The summed E-state index contributed by atoms with van der Waals surface area (Å²) in [5.74, 6) is 6.99. The number of aliphatic hydroxyl groups excluding tert-OH is 2. The van der Waals surface area contributed by atoms with E-state index in [9.17, 15) is 13.5 Å². The predicted molar refractivity (Wildman–Crippen MR) is 402 cm³/mol. The van der Waals surface area contributed by atoms with Gasteiger partial charge in [-0.05, 0) is 213 Å². The summed E-state index contributed by atoms with van der Waals surface area (Å²) in [5, 5.41) is 65.2. The summed E-state index contributed by atoms with van der Waals surface area (Å²) in [6.07, 6.45) is 22.7. The van der Waals surface area contributed by atoms with E-state index in [1.165, 1.54) is 113 Å². The molecular formula is C72H122N14O14S3. The van der Waals surface area contributed by atoms with Gasteiger partial charge in [0.15, 0.2) is 17.8 Å². The number of nitrogens with one attached hydrogen (secondary N) is 1. The highest BCUT2D eigenvalue weighted by Crippen LogP contribution is 2.32. The van der Waals surface area contributed by atoms with E-state index in [-0.39, 0.29) is 30.2 Å². The molecule has 2 aromatic carbocycles. The molecule has 4 fully saturated rings. The van der Waals surface area contributed by atoms with E-state index >= 15 is 0 Å². The molecule has 4 saturated heterocycles. The number of phenols is 1. The van der Waals surface area contributed by atoms with Crippen LogP contribution in [0.5, 0.6) is 11.5 Å². The van der Waals surface area contributed by atoms with Crippen LogP contribution >= 0.6 is 24.5 Å². The average molecular weight is 1500 g/mol. The van der Waals surface area contributed by atoms with Crippen LogP contribution in [0.3, 0.4) is 0 Å². The Bertz CT molecular complexity index is 3120. The average Bonchev–Trinajstić information content (AvgIpc) is 1.74.